The largest absolute Gasteiger partial charge is 0.480 e. The molecule has 1 aliphatic carbocycles. The number of thiophene rings is 1. The van der Waals surface area contributed by atoms with Crippen molar-refractivity contribution in [1.82, 2.24) is 10.6 Å². The highest BCUT2D eigenvalue weighted by Crippen LogP contribution is 2.33. The van der Waals surface area contributed by atoms with Gasteiger partial charge >= 0.3 is 5.97 Å². The molecule has 1 heterocycles. The molecule has 1 unspecified atom stereocenters. The van der Waals surface area contributed by atoms with Gasteiger partial charge in [0, 0.05) is 23.9 Å². The quantitative estimate of drug-likeness (QED) is 0.602. The van der Waals surface area contributed by atoms with E-state index in [1.807, 2.05) is 5.38 Å². The zero-order chi connectivity index (χ0) is 15.9. The number of carboxylic acid groups (broad SMARTS) is 1. The van der Waals surface area contributed by atoms with Crippen molar-refractivity contribution in [3.8, 4) is 0 Å². The molecule has 1 saturated carbocycles. The zero-order valence-electron chi connectivity index (χ0n) is 12.2. The maximum atomic E-state index is 11.7. The number of hydrogen-bond acceptors (Lipinski definition) is 4. The summed E-state index contributed by atoms with van der Waals surface area (Å²) in [4.78, 5) is 34.5. The smallest absolute Gasteiger partial charge is 0.326 e. The first-order valence-corrected chi connectivity index (χ1v) is 8.33. The number of carboxylic acids is 1. The van der Waals surface area contributed by atoms with Gasteiger partial charge in [0.1, 0.15) is 6.04 Å². The molecule has 120 valence electrons. The van der Waals surface area contributed by atoms with Crippen LogP contribution in [0.1, 0.15) is 42.5 Å². The van der Waals surface area contributed by atoms with Crippen molar-refractivity contribution in [3.05, 3.63) is 22.4 Å². The molecular formula is C15H20N2O4S. The molecule has 0 radical (unpaired) electrons. The fraction of sp³-hybridized carbons (Fsp3) is 0.533. The van der Waals surface area contributed by atoms with E-state index in [2.05, 4.69) is 10.6 Å². The maximum Gasteiger partial charge on any atom is 0.326 e. The Morgan fingerprint density at radius 1 is 1.36 bits per heavy atom. The lowest BCUT2D eigenvalue weighted by atomic mass is 10.1. The average molecular weight is 324 g/mol. The Hall–Kier alpha value is -1.89. The van der Waals surface area contributed by atoms with Crippen LogP contribution >= 0.6 is 11.3 Å². The monoisotopic (exact) mass is 324 g/mol. The van der Waals surface area contributed by atoms with Gasteiger partial charge in [0.15, 0.2) is 0 Å². The lowest BCUT2D eigenvalue weighted by molar-refractivity contribution is -0.142. The summed E-state index contributed by atoms with van der Waals surface area (Å²) in [6, 6.07) is 0.947. The summed E-state index contributed by atoms with van der Waals surface area (Å²) < 4.78 is 0. The van der Waals surface area contributed by atoms with Crippen molar-refractivity contribution in [3.63, 3.8) is 0 Å². The Bertz CT molecular complexity index is 526. The van der Waals surface area contributed by atoms with Gasteiger partial charge < -0.3 is 15.7 Å². The summed E-state index contributed by atoms with van der Waals surface area (Å²) in [6.45, 7) is 0.391. The number of carbonyl (C=O) groups is 3. The van der Waals surface area contributed by atoms with Gasteiger partial charge in [-0.05, 0) is 30.2 Å². The minimum Gasteiger partial charge on any atom is -0.480 e. The van der Waals surface area contributed by atoms with E-state index in [1.54, 1.807) is 11.4 Å². The summed E-state index contributed by atoms with van der Waals surface area (Å²) in [5.41, 5.74) is 0.616. The first-order chi connectivity index (χ1) is 10.6. The van der Waals surface area contributed by atoms with Gasteiger partial charge in [-0.25, -0.2) is 4.79 Å². The van der Waals surface area contributed by atoms with E-state index in [-0.39, 0.29) is 18.2 Å². The van der Waals surface area contributed by atoms with E-state index in [1.165, 1.54) is 11.3 Å². The molecule has 3 N–H and O–H groups in total. The van der Waals surface area contributed by atoms with Crippen LogP contribution in [0, 0.1) is 5.92 Å². The van der Waals surface area contributed by atoms with Crippen LogP contribution in [0.15, 0.2) is 16.8 Å². The van der Waals surface area contributed by atoms with E-state index in [0.29, 0.717) is 30.9 Å². The SMILES string of the molecule is O=C(CCCNC(=O)c1ccsc1)NC(CC1CC1)C(=O)O. The number of rotatable bonds is 9. The lowest BCUT2D eigenvalue weighted by Gasteiger charge is -2.14. The lowest BCUT2D eigenvalue weighted by Crippen LogP contribution is -2.41. The molecule has 0 aliphatic heterocycles. The number of carbonyl (C=O) groups excluding carboxylic acids is 2. The maximum absolute atomic E-state index is 11.7. The predicted octanol–water partition coefficient (Wildman–Crippen LogP) is 1.63. The molecule has 22 heavy (non-hydrogen) atoms. The molecule has 1 aromatic rings. The molecule has 6 nitrogen and oxygen atoms in total. The van der Waals surface area contributed by atoms with Gasteiger partial charge in [-0.15, -0.1) is 0 Å². The third-order valence-corrected chi connectivity index (χ3v) is 4.23. The Morgan fingerprint density at radius 3 is 2.73 bits per heavy atom. The minimum atomic E-state index is -0.981. The molecule has 2 amide bonds. The minimum absolute atomic E-state index is 0.154. The van der Waals surface area contributed by atoms with Crippen LogP contribution in [0.2, 0.25) is 0 Å². The van der Waals surface area contributed by atoms with Crippen molar-refractivity contribution in [2.75, 3.05) is 6.54 Å². The molecule has 0 bridgehead atoms. The molecule has 1 aliphatic rings. The zero-order valence-corrected chi connectivity index (χ0v) is 13.0. The number of nitrogens with one attached hydrogen (secondary N) is 2. The molecule has 1 fully saturated rings. The first-order valence-electron chi connectivity index (χ1n) is 7.39. The molecule has 1 aromatic heterocycles. The van der Waals surface area contributed by atoms with Crippen LogP contribution in [0.25, 0.3) is 0 Å². The van der Waals surface area contributed by atoms with Crippen LogP contribution in [0.3, 0.4) is 0 Å². The fourth-order valence-corrected chi connectivity index (χ4v) is 2.76. The van der Waals surface area contributed by atoms with Crippen LogP contribution < -0.4 is 10.6 Å². The Kier molecular flexibility index (Phi) is 5.94. The van der Waals surface area contributed by atoms with E-state index < -0.39 is 12.0 Å². The van der Waals surface area contributed by atoms with Gasteiger partial charge in [-0.3, -0.25) is 9.59 Å². The number of amides is 2. The second kappa shape index (κ2) is 7.93. The van der Waals surface area contributed by atoms with Gasteiger partial charge in [0.05, 0.1) is 0 Å². The average Bonchev–Trinajstić information content (AvgIpc) is 3.12. The van der Waals surface area contributed by atoms with Gasteiger partial charge in [-0.1, -0.05) is 12.8 Å². The Morgan fingerprint density at radius 2 is 2.14 bits per heavy atom. The highest BCUT2D eigenvalue weighted by Gasteiger charge is 2.29. The van der Waals surface area contributed by atoms with Crippen molar-refractivity contribution < 1.29 is 19.5 Å². The van der Waals surface area contributed by atoms with Crippen molar-refractivity contribution in [2.45, 2.75) is 38.1 Å². The third-order valence-electron chi connectivity index (χ3n) is 3.55. The number of aliphatic carboxylic acids is 1. The topological polar surface area (TPSA) is 95.5 Å². The van der Waals surface area contributed by atoms with E-state index in [4.69, 9.17) is 5.11 Å². The summed E-state index contributed by atoms with van der Waals surface area (Å²) in [5, 5.41) is 18.0. The van der Waals surface area contributed by atoms with E-state index >= 15 is 0 Å². The van der Waals surface area contributed by atoms with Gasteiger partial charge in [-0.2, -0.15) is 11.3 Å². The highest BCUT2D eigenvalue weighted by molar-refractivity contribution is 7.08. The van der Waals surface area contributed by atoms with Crippen molar-refractivity contribution in [2.24, 2.45) is 5.92 Å². The molecule has 2 rings (SSSR count). The second-order valence-corrected chi connectivity index (χ2v) is 6.29. The van der Waals surface area contributed by atoms with Gasteiger partial charge in [0.2, 0.25) is 5.91 Å². The standard InChI is InChI=1S/C15H20N2O4S/c18-13(17-12(15(20)21)8-10-3-4-10)2-1-6-16-14(19)11-5-7-22-9-11/h5,7,9-10,12H,1-4,6,8H2,(H,16,19)(H,17,18)(H,20,21). The third kappa shape index (κ3) is 5.48. The van der Waals surface area contributed by atoms with Crippen molar-refractivity contribution >= 4 is 29.1 Å². The van der Waals surface area contributed by atoms with E-state index in [9.17, 15) is 14.4 Å². The first kappa shape index (κ1) is 16.5. The molecule has 7 heteroatoms. The predicted molar refractivity (Wildman–Crippen MR) is 82.8 cm³/mol. The molecular weight excluding hydrogens is 304 g/mol. The summed E-state index contributed by atoms with van der Waals surface area (Å²) in [6.07, 6.45) is 3.30. The van der Waals surface area contributed by atoms with Crippen LogP contribution in [0.4, 0.5) is 0 Å². The van der Waals surface area contributed by atoms with Crippen LogP contribution in [0.5, 0.6) is 0 Å². The molecule has 0 spiro atoms. The highest BCUT2D eigenvalue weighted by atomic mass is 32.1. The van der Waals surface area contributed by atoms with Crippen LogP contribution in [-0.4, -0.2) is 35.5 Å². The molecule has 1 atom stereocenters. The fourth-order valence-electron chi connectivity index (χ4n) is 2.12. The van der Waals surface area contributed by atoms with Gasteiger partial charge in [0.25, 0.3) is 5.91 Å². The Balaban J connectivity index is 1.62. The molecule has 0 saturated heterocycles. The summed E-state index contributed by atoms with van der Waals surface area (Å²) >= 11 is 1.45. The summed E-state index contributed by atoms with van der Waals surface area (Å²) in [5.74, 6) is -0.978. The normalized spacial score (nSPS) is 15.1. The Labute approximate surface area is 132 Å². The second-order valence-electron chi connectivity index (χ2n) is 5.51. The number of hydrogen-bond donors (Lipinski definition) is 3. The molecule has 0 aromatic carbocycles. The van der Waals surface area contributed by atoms with E-state index in [0.717, 1.165) is 12.8 Å². The summed E-state index contributed by atoms with van der Waals surface area (Å²) in [7, 11) is 0. The van der Waals surface area contributed by atoms with Crippen molar-refractivity contribution in [1.29, 1.82) is 0 Å². The van der Waals surface area contributed by atoms with Crippen LogP contribution in [-0.2, 0) is 9.59 Å².